The van der Waals surface area contributed by atoms with Gasteiger partial charge in [-0.3, -0.25) is 4.79 Å². The largest absolute Gasteiger partial charge is 0.339 e. The number of hydrogen-bond donors (Lipinski definition) is 1. The lowest BCUT2D eigenvalue weighted by Gasteiger charge is -2.29. The summed E-state index contributed by atoms with van der Waals surface area (Å²) in [5.41, 5.74) is 7.30. The number of hydrogen-bond acceptors (Lipinski definition) is 2. The van der Waals surface area contributed by atoms with Gasteiger partial charge in [-0.1, -0.05) is 12.1 Å². The number of benzene rings is 1. The van der Waals surface area contributed by atoms with E-state index in [0.717, 1.165) is 37.1 Å². The predicted molar refractivity (Wildman–Crippen MR) is 71.8 cm³/mol. The van der Waals surface area contributed by atoms with Gasteiger partial charge < -0.3 is 10.6 Å². The zero-order valence-corrected chi connectivity index (χ0v) is 10.4. The molecule has 1 fully saturated rings. The van der Waals surface area contributed by atoms with E-state index in [1.54, 1.807) is 0 Å². The van der Waals surface area contributed by atoms with E-state index in [-0.39, 0.29) is 5.91 Å². The number of likely N-dealkylation sites (tertiary alicyclic amines) is 1. The lowest BCUT2D eigenvalue weighted by Crippen LogP contribution is -2.38. The minimum atomic E-state index is 0.0917. The number of carbonyl (C=O) groups is 1. The zero-order chi connectivity index (χ0) is 13.0. The second kappa shape index (κ2) is 5.70. The number of terminal acetylenes is 1. The average Bonchev–Trinajstić information content (AvgIpc) is 2.47. The monoisotopic (exact) mass is 242 g/mol. The van der Waals surface area contributed by atoms with Gasteiger partial charge in [0.1, 0.15) is 0 Å². The van der Waals surface area contributed by atoms with E-state index >= 15 is 0 Å². The normalized spacial score (nSPS) is 16.3. The topological polar surface area (TPSA) is 46.3 Å². The van der Waals surface area contributed by atoms with Gasteiger partial charge >= 0.3 is 0 Å². The summed E-state index contributed by atoms with van der Waals surface area (Å²) in [6.07, 6.45) is 7.21. The van der Waals surface area contributed by atoms with Crippen molar-refractivity contribution >= 4 is 5.91 Å². The lowest BCUT2D eigenvalue weighted by molar-refractivity contribution is 0.0708. The first-order chi connectivity index (χ1) is 8.74. The summed E-state index contributed by atoms with van der Waals surface area (Å²) in [7, 11) is 0. The molecule has 2 N–H and O–H groups in total. The Bertz CT molecular complexity index is 450. The smallest absolute Gasteiger partial charge is 0.253 e. The van der Waals surface area contributed by atoms with Crippen molar-refractivity contribution in [1.29, 1.82) is 0 Å². The van der Waals surface area contributed by atoms with E-state index in [1.807, 2.05) is 29.2 Å². The van der Waals surface area contributed by atoms with Crippen LogP contribution in [-0.4, -0.2) is 23.9 Å². The van der Waals surface area contributed by atoms with Crippen molar-refractivity contribution in [3.8, 4) is 12.3 Å². The van der Waals surface area contributed by atoms with Crippen LogP contribution in [0.25, 0.3) is 0 Å². The maximum atomic E-state index is 12.2. The van der Waals surface area contributed by atoms with Gasteiger partial charge in [0.25, 0.3) is 5.91 Å². The Labute approximate surface area is 108 Å². The predicted octanol–water partition coefficient (Wildman–Crippen LogP) is 1.63. The van der Waals surface area contributed by atoms with Crippen LogP contribution in [-0.2, 0) is 6.54 Å². The fourth-order valence-corrected chi connectivity index (χ4v) is 2.22. The maximum Gasteiger partial charge on any atom is 0.253 e. The van der Waals surface area contributed by atoms with Crippen LogP contribution < -0.4 is 5.73 Å². The fraction of sp³-hybridized carbons (Fsp3) is 0.400. The summed E-state index contributed by atoms with van der Waals surface area (Å²) in [4.78, 5) is 14.1. The third-order valence-corrected chi connectivity index (χ3v) is 3.45. The van der Waals surface area contributed by atoms with Crippen molar-refractivity contribution < 1.29 is 4.79 Å². The first-order valence-corrected chi connectivity index (χ1v) is 6.29. The molecule has 1 aliphatic rings. The zero-order valence-electron chi connectivity index (χ0n) is 10.4. The average molecular weight is 242 g/mol. The minimum Gasteiger partial charge on any atom is -0.339 e. The van der Waals surface area contributed by atoms with Crippen molar-refractivity contribution in [3.63, 3.8) is 0 Å². The molecule has 1 saturated heterocycles. The highest BCUT2D eigenvalue weighted by atomic mass is 16.2. The number of rotatable bonds is 2. The van der Waals surface area contributed by atoms with Gasteiger partial charge in [-0.2, -0.15) is 0 Å². The number of nitrogens with two attached hydrogens (primary N) is 1. The van der Waals surface area contributed by atoms with E-state index in [1.165, 1.54) is 0 Å². The molecule has 1 heterocycles. The van der Waals surface area contributed by atoms with E-state index < -0.39 is 0 Å². The molecule has 0 bridgehead atoms. The van der Waals surface area contributed by atoms with Crippen LogP contribution in [0, 0.1) is 18.3 Å². The Morgan fingerprint density at radius 3 is 2.44 bits per heavy atom. The molecule has 94 valence electrons. The highest BCUT2D eigenvalue weighted by Crippen LogP contribution is 2.18. The molecule has 3 nitrogen and oxygen atoms in total. The third kappa shape index (κ3) is 2.72. The molecule has 0 unspecified atom stereocenters. The number of piperidine rings is 1. The summed E-state index contributed by atoms with van der Waals surface area (Å²) >= 11 is 0. The Morgan fingerprint density at radius 1 is 1.33 bits per heavy atom. The van der Waals surface area contributed by atoms with Crippen molar-refractivity contribution in [3.05, 3.63) is 35.4 Å². The van der Waals surface area contributed by atoms with Gasteiger partial charge in [-0.05, 0) is 30.5 Å². The van der Waals surface area contributed by atoms with Crippen molar-refractivity contribution in [1.82, 2.24) is 4.90 Å². The van der Waals surface area contributed by atoms with Crippen LogP contribution in [0.3, 0.4) is 0 Å². The van der Waals surface area contributed by atoms with Crippen LogP contribution in [0.15, 0.2) is 24.3 Å². The van der Waals surface area contributed by atoms with Gasteiger partial charge in [-0.25, -0.2) is 0 Å². The minimum absolute atomic E-state index is 0.0917. The Balaban J connectivity index is 2.01. The van der Waals surface area contributed by atoms with E-state index in [2.05, 4.69) is 5.92 Å². The van der Waals surface area contributed by atoms with Gasteiger partial charge in [0.15, 0.2) is 0 Å². The third-order valence-electron chi connectivity index (χ3n) is 3.45. The van der Waals surface area contributed by atoms with Crippen LogP contribution in [0.5, 0.6) is 0 Å². The number of nitrogens with zero attached hydrogens (tertiary/aromatic N) is 1. The second-order valence-corrected chi connectivity index (χ2v) is 4.63. The summed E-state index contributed by atoms with van der Waals surface area (Å²) < 4.78 is 0. The van der Waals surface area contributed by atoms with Crippen LogP contribution in [0.4, 0.5) is 0 Å². The fourth-order valence-electron chi connectivity index (χ4n) is 2.22. The molecule has 1 aromatic rings. The molecule has 0 radical (unpaired) electrons. The highest BCUT2D eigenvalue weighted by molar-refractivity contribution is 5.94. The summed E-state index contributed by atoms with van der Waals surface area (Å²) in [5, 5.41) is 0. The number of carbonyl (C=O) groups excluding carboxylic acids is 1. The molecule has 1 aliphatic heterocycles. The molecule has 1 aromatic carbocycles. The summed E-state index contributed by atoms with van der Waals surface area (Å²) in [6.45, 7) is 2.01. The molecular formula is C15H18N2O. The lowest BCUT2D eigenvalue weighted by atomic mass is 9.97. The van der Waals surface area contributed by atoms with Gasteiger partial charge in [-0.15, -0.1) is 12.3 Å². The second-order valence-electron chi connectivity index (χ2n) is 4.63. The van der Waals surface area contributed by atoms with E-state index in [0.29, 0.717) is 12.5 Å². The molecule has 0 atom stereocenters. The first kappa shape index (κ1) is 12.7. The number of amides is 1. The van der Waals surface area contributed by atoms with Crippen molar-refractivity contribution in [2.75, 3.05) is 13.1 Å². The Kier molecular flexibility index (Phi) is 4.01. The van der Waals surface area contributed by atoms with Crippen LogP contribution in [0.2, 0.25) is 0 Å². The van der Waals surface area contributed by atoms with Gasteiger partial charge in [0, 0.05) is 31.1 Å². The molecular weight excluding hydrogens is 224 g/mol. The molecule has 18 heavy (non-hydrogen) atoms. The summed E-state index contributed by atoms with van der Waals surface area (Å²) in [6, 6.07) is 7.50. The quantitative estimate of drug-likeness (QED) is 0.801. The first-order valence-electron chi connectivity index (χ1n) is 6.29. The Hall–Kier alpha value is -1.79. The van der Waals surface area contributed by atoms with Crippen LogP contribution >= 0.6 is 0 Å². The molecule has 0 spiro atoms. The highest BCUT2D eigenvalue weighted by Gasteiger charge is 2.22. The van der Waals surface area contributed by atoms with Crippen molar-refractivity contribution in [2.24, 2.45) is 11.7 Å². The van der Waals surface area contributed by atoms with E-state index in [9.17, 15) is 4.79 Å². The van der Waals surface area contributed by atoms with Gasteiger partial charge in [0.05, 0.1) is 0 Å². The molecule has 3 heteroatoms. The van der Waals surface area contributed by atoms with Crippen LogP contribution in [0.1, 0.15) is 28.8 Å². The maximum absolute atomic E-state index is 12.2. The van der Waals surface area contributed by atoms with Gasteiger partial charge in [0.2, 0.25) is 0 Å². The molecule has 2 rings (SSSR count). The molecule has 0 aliphatic carbocycles. The molecule has 1 amide bonds. The van der Waals surface area contributed by atoms with Crippen molar-refractivity contribution in [2.45, 2.75) is 19.4 Å². The summed E-state index contributed by atoms with van der Waals surface area (Å²) in [5.74, 6) is 3.19. The molecule has 0 saturated carbocycles. The van der Waals surface area contributed by atoms with E-state index in [4.69, 9.17) is 12.2 Å². The SMILES string of the molecule is C#CC1CCN(C(=O)c2ccc(CN)cc2)CC1. The Morgan fingerprint density at radius 2 is 1.94 bits per heavy atom. The standard InChI is InChI=1S/C15H18N2O/c1-2-12-7-9-17(10-8-12)15(18)14-5-3-13(11-16)4-6-14/h1,3-6,12H,7-11,16H2. The molecule has 0 aromatic heterocycles.